The highest BCUT2D eigenvalue weighted by molar-refractivity contribution is 6.30. The van der Waals surface area contributed by atoms with Crippen molar-refractivity contribution < 1.29 is 14.3 Å². The van der Waals surface area contributed by atoms with Gasteiger partial charge in [0.25, 0.3) is 0 Å². The maximum absolute atomic E-state index is 13.2. The lowest BCUT2D eigenvalue weighted by molar-refractivity contribution is -0.140. The predicted molar refractivity (Wildman–Crippen MR) is 116 cm³/mol. The van der Waals surface area contributed by atoms with E-state index >= 15 is 0 Å². The first kappa shape index (κ1) is 22.8. The number of benzene rings is 2. The first-order valence-corrected chi connectivity index (χ1v) is 10.3. The zero-order chi connectivity index (χ0) is 21.2. The summed E-state index contributed by atoms with van der Waals surface area (Å²) in [5.41, 5.74) is 1.77. The van der Waals surface area contributed by atoms with E-state index in [4.69, 9.17) is 16.3 Å². The normalized spacial score (nSPS) is 11.6. The molecule has 6 heteroatoms. The van der Waals surface area contributed by atoms with Gasteiger partial charge < -0.3 is 15.0 Å². The molecule has 0 radical (unpaired) electrons. The Labute approximate surface area is 178 Å². The van der Waals surface area contributed by atoms with Gasteiger partial charge in [-0.15, -0.1) is 0 Å². The zero-order valence-corrected chi connectivity index (χ0v) is 18.0. The molecule has 0 spiro atoms. The van der Waals surface area contributed by atoms with Crippen LogP contribution in [-0.4, -0.2) is 36.4 Å². The van der Waals surface area contributed by atoms with Crippen LogP contribution in [0.2, 0.25) is 5.02 Å². The first-order valence-electron chi connectivity index (χ1n) is 9.93. The van der Waals surface area contributed by atoms with Crippen molar-refractivity contribution in [2.45, 2.75) is 45.7 Å². The fraction of sp³-hybridized carbons (Fsp3) is 0.391. The summed E-state index contributed by atoms with van der Waals surface area (Å²) in [6.45, 7) is 4.85. The molecule has 0 saturated carbocycles. The Bertz CT molecular complexity index is 808. The maximum Gasteiger partial charge on any atom is 0.242 e. The molecule has 0 aliphatic carbocycles. The van der Waals surface area contributed by atoms with Crippen molar-refractivity contribution in [1.29, 1.82) is 0 Å². The number of carbonyl (C=O) groups is 2. The summed E-state index contributed by atoms with van der Waals surface area (Å²) in [7, 11) is 1.61. The molecule has 0 fully saturated rings. The van der Waals surface area contributed by atoms with E-state index in [1.807, 2.05) is 50.2 Å². The molecule has 5 nitrogen and oxygen atoms in total. The van der Waals surface area contributed by atoms with E-state index in [2.05, 4.69) is 5.32 Å². The van der Waals surface area contributed by atoms with Gasteiger partial charge in [0.15, 0.2) is 0 Å². The van der Waals surface area contributed by atoms with Crippen LogP contribution in [0.5, 0.6) is 5.75 Å². The Hall–Kier alpha value is -2.53. The standard InChI is InChI=1S/C23H29ClN2O3/c1-4-13-25-23(28)21(5-2)26(16-18-7-6-8-20(14-18)29-3)22(27)15-17-9-11-19(24)12-10-17/h6-12,14,21H,4-5,13,15-16H2,1-3H3,(H,25,28)/t21-/m1/s1. The Balaban J connectivity index is 2.27. The van der Waals surface area contributed by atoms with Gasteiger partial charge in [0.05, 0.1) is 13.5 Å². The number of rotatable bonds is 10. The van der Waals surface area contributed by atoms with Crippen LogP contribution in [0.15, 0.2) is 48.5 Å². The van der Waals surface area contributed by atoms with E-state index in [1.165, 1.54) is 0 Å². The molecule has 0 aliphatic rings. The molecule has 0 unspecified atom stereocenters. The number of nitrogens with one attached hydrogen (secondary N) is 1. The molecule has 0 bridgehead atoms. The van der Waals surface area contributed by atoms with Gasteiger partial charge >= 0.3 is 0 Å². The minimum atomic E-state index is -0.535. The number of ether oxygens (including phenoxy) is 1. The fourth-order valence-corrected chi connectivity index (χ4v) is 3.26. The maximum atomic E-state index is 13.2. The molecule has 2 amide bonds. The van der Waals surface area contributed by atoms with Crippen LogP contribution in [-0.2, 0) is 22.6 Å². The number of nitrogens with zero attached hydrogens (tertiary/aromatic N) is 1. The summed E-state index contributed by atoms with van der Waals surface area (Å²) < 4.78 is 5.30. The SMILES string of the molecule is CCCNC(=O)[C@@H](CC)N(Cc1cccc(OC)c1)C(=O)Cc1ccc(Cl)cc1. The number of hydrogen-bond acceptors (Lipinski definition) is 3. The molecular formula is C23H29ClN2O3. The third-order valence-corrected chi connectivity index (χ3v) is 4.94. The highest BCUT2D eigenvalue weighted by Gasteiger charge is 2.28. The van der Waals surface area contributed by atoms with Crippen LogP contribution in [0.25, 0.3) is 0 Å². The fourth-order valence-electron chi connectivity index (χ4n) is 3.13. The Kier molecular flexibility index (Phi) is 9.00. The summed E-state index contributed by atoms with van der Waals surface area (Å²) in [6.07, 6.45) is 1.58. The van der Waals surface area contributed by atoms with E-state index in [-0.39, 0.29) is 18.2 Å². The Morgan fingerprint density at radius 1 is 1.10 bits per heavy atom. The van der Waals surface area contributed by atoms with Gasteiger partial charge in [0.1, 0.15) is 11.8 Å². The monoisotopic (exact) mass is 416 g/mol. The summed E-state index contributed by atoms with van der Waals surface area (Å²) in [4.78, 5) is 27.6. The number of methoxy groups -OCH3 is 1. The van der Waals surface area contributed by atoms with E-state index in [0.29, 0.717) is 24.5 Å². The second kappa shape index (κ2) is 11.5. The lowest BCUT2D eigenvalue weighted by Gasteiger charge is -2.31. The molecule has 0 aliphatic heterocycles. The quantitative estimate of drug-likeness (QED) is 0.630. The topological polar surface area (TPSA) is 58.6 Å². The molecule has 1 atom stereocenters. The molecule has 156 valence electrons. The molecular weight excluding hydrogens is 388 g/mol. The van der Waals surface area contributed by atoms with E-state index in [9.17, 15) is 9.59 Å². The van der Waals surface area contributed by atoms with Crippen LogP contribution in [0, 0.1) is 0 Å². The number of hydrogen-bond donors (Lipinski definition) is 1. The van der Waals surface area contributed by atoms with Gasteiger partial charge in [-0.25, -0.2) is 0 Å². The Morgan fingerprint density at radius 3 is 2.45 bits per heavy atom. The van der Waals surface area contributed by atoms with Gasteiger partial charge in [-0.2, -0.15) is 0 Å². The van der Waals surface area contributed by atoms with Crippen molar-refractivity contribution >= 4 is 23.4 Å². The van der Waals surface area contributed by atoms with E-state index < -0.39 is 6.04 Å². The van der Waals surface area contributed by atoms with Crippen molar-refractivity contribution in [2.24, 2.45) is 0 Å². The number of amides is 2. The summed E-state index contributed by atoms with van der Waals surface area (Å²) >= 11 is 5.95. The molecule has 2 aromatic carbocycles. The third kappa shape index (κ3) is 6.79. The van der Waals surface area contributed by atoms with Crippen LogP contribution in [0.4, 0.5) is 0 Å². The molecule has 2 rings (SSSR count). The van der Waals surface area contributed by atoms with Gasteiger partial charge in [-0.1, -0.05) is 49.7 Å². The van der Waals surface area contributed by atoms with Gasteiger partial charge in [0.2, 0.25) is 11.8 Å². The lowest BCUT2D eigenvalue weighted by atomic mass is 10.1. The minimum Gasteiger partial charge on any atom is -0.497 e. The Morgan fingerprint density at radius 2 is 1.83 bits per heavy atom. The van der Waals surface area contributed by atoms with E-state index in [1.54, 1.807) is 24.1 Å². The van der Waals surface area contributed by atoms with Crippen LogP contribution in [0.3, 0.4) is 0 Å². The van der Waals surface area contributed by atoms with Crippen LogP contribution in [0.1, 0.15) is 37.8 Å². The van der Waals surface area contributed by atoms with Crippen molar-refractivity contribution in [3.63, 3.8) is 0 Å². The second-order valence-corrected chi connectivity index (χ2v) is 7.33. The number of halogens is 1. The molecule has 29 heavy (non-hydrogen) atoms. The van der Waals surface area contributed by atoms with Gasteiger partial charge in [-0.05, 0) is 48.2 Å². The summed E-state index contributed by atoms with van der Waals surface area (Å²) in [5, 5.41) is 3.55. The average Bonchev–Trinajstić information content (AvgIpc) is 2.73. The predicted octanol–water partition coefficient (Wildman–Crippen LogP) is 4.22. The van der Waals surface area contributed by atoms with Crippen molar-refractivity contribution in [2.75, 3.05) is 13.7 Å². The van der Waals surface area contributed by atoms with Crippen molar-refractivity contribution in [1.82, 2.24) is 10.2 Å². The minimum absolute atomic E-state index is 0.103. The summed E-state index contributed by atoms with van der Waals surface area (Å²) in [5.74, 6) is 0.492. The second-order valence-electron chi connectivity index (χ2n) is 6.89. The smallest absolute Gasteiger partial charge is 0.242 e. The highest BCUT2D eigenvalue weighted by atomic mass is 35.5. The highest BCUT2D eigenvalue weighted by Crippen LogP contribution is 2.19. The molecule has 0 saturated heterocycles. The van der Waals surface area contributed by atoms with Crippen LogP contribution < -0.4 is 10.1 Å². The molecule has 2 aromatic rings. The first-order chi connectivity index (χ1) is 14.0. The van der Waals surface area contributed by atoms with E-state index in [0.717, 1.165) is 23.3 Å². The lowest BCUT2D eigenvalue weighted by Crippen LogP contribution is -2.49. The largest absolute Gasteiger partial charge is 0.497 e. The van der Waals surface area contributed by atoms with Gasteiger partial charge in [0, 0.05) is 18.1 Å². The average molecular weight is 417 g/mol. The zero-order valence-electron chi connectivity index (χ0n) is 17.3. The third-order valence-electron chi connectivity index (χ3n) is 4.69. The molecule has 1 N–H and O–H groups in total. The van der Waals surface area contributed by atoms with Crippen molar-refractivity contribution in [3.05, 3.63) is 64.7 Å². The van der Waals surface area contributed by atoms with Gasteiger partial charge in [-0.3, -0.25) is 9.59 Å². The number of carbonyl (C=O) groups excluding carboxylic acids is 2. The van der Waals surface area contributed by atoms with Crippen molar-refractivity contribution in [3.8, 4) is 5.75 Å². The van der Waals surface area contributed by atoms with Crippen LogP contribution >= 0.6 is 11.6 Å². The molecule has 0 aromatic heterocycles. The molecule has 0 heterocycles. The summed E-state index contributed by atoms with van der Waals surface area (Å²) in [6, 6.07) is 14.2.